The molecule has 0 spiro atoms. The second kappa shape index (κ2) is 10.3. The molecule has 0 radical (unpaired) electrons. The van der Waals surface area contributed by atoms with Crippen LogP contribution in [0.2, 0.25) is 0 Å². The highest BCUT2D eigenvalue weighted by molar-refractivity contribution is 6.21. The van der Waals surface area contributed by atoms with Crippen LogP contribution in [0.15, 0.2) is 77.8 Å². The number of hydrogen-bond donors (Lipinski definition) is 3. The Morgan fingerprint density at radius 3 is 2.50 bits per heavy atom. The molecule has 0 fully saturated rings. The Bertz CT molecular complexity index is 1310. The van der Waals surface area contributed by atoms with Crippen molar-refractivity contribution in [2.75, 3.05) is 25.0 Å². The van der Waals surface area contributed by atoms with Gasteiger partial charge in [-0.2, -0.15) is 0 Å². The summed E-state index contributed by atoms with van der Waals surface area (Å²) in [5, 5.41) is 14.5. The van der Waals surface area contributed by atoms with E-state index in [-0.39, 0.29) is 11.8 Å². The van der Waals surface area contributed by atoms with E-state index in [2.05, 4.69) is 10.3 Å². The van der Waals surface area contributed by atoms with Gasteiger partial charge in [-0.05, 0) is 49.5 Å². The average molecular weight is 459 g/mol. The van der Waals surface area contributed by atoms with Gasteiger partial charge in [-0.3, -0.25) is 4.79 Å². The number of aromatic hydroxyl groups is 1. The Morgan fingerprint density at radius 1 is 1.09 bits per heavy atom. The van der Waals surface area contributed by atoms with Gasteiger partial charge in [-0.15, -0.1) is 0 Å². The largest absolute Gasteiger partial charge is 0.494 e. The molecule has 1 heterocycles. The first-order valence-corrected chi connectivity index (χ1v) is 11.2. The first-order valence-electron chi connectivity index (χ1n) is 11.2. The summed E-state index contributed by atoms with van der Waals surface area (Å²) in [7, 11) is 1.85. The standard InChI is InChI=1S/C27H27FN4O2/c1-3-24(33)32(16-15-29-2)21-12-10-20(11-13-21)30-26(18-7-5-4-6-8-18)25-22-14-9-19(28)17-23(22)31-27(25)34/h4-14,17,29,31,34H,3,15-16H2,1-2H3. The minimum absolute atomic E-state index is 0.0485. The third-order valence-electron chi connectivity index (χ3n) is 5.62. The highest BCUT2D eigenvalue weighted by Gasteiger charge is 2.19. The third-order valence-corrected chi connectivity index (χ3v) is 5.62. The second-order valence-corrected chi connectivity index (χ2v) is 7.88. The molecule has 7 heteroatoms. The minimum Gasteiger partial charge on any atom is -0.494 e. The first kappa shape index (κ1) is 23.2. The van der Waals surface area contributed by atoms with Crippen molar-refractivity contribution in [3.8, 4) is 5.88 Å². The Kier molecular flexibility index (Phi) is 7.04. The number of aliphatic imine (C=N–C) groups is 1. The monoisotopic (exact) mass is 458 g/mol. The second-order valence-electron chi connectivity index (χ2n) is 7.88. The van der Waals surface area contributed by atoms with Gasteiger partial charge >= 0.3 is 0 Å². The van der Waals surface area contributed by atoms with Crippen LogP contribution in [0.3, 0.4) is 0 Å². The molecule has 3 N–H and O–H groups in total. The molecule has 1 aromatic heterocycles. The third kappa shape index (κ3) is 4.84. The van der Waals surface area contributed by atoms with Crippen LogP contribution >= 0.6 is 0 Å². The number of nitrogens with one attached hydrogen (secondary N) is 2. The molecule has 0 aliphatic carbocycles. The van der Waals surface area contributed by atoms with Crippen LogP contribution in [-0.4, -0.2) is 41.8 Å². The van der Waals surface area contributed by atoms with E-state index < -0.39 is 5.82 Å². The number of fused-ring (bicyclic) bond motifs is 1. The SMILES string of the molecule is CCC(=O)N(CCNC)c1ccc(N=C(c2ccccc2)c2c(O)[nH]c3cc(F)ccc23)cc1. The summed E-state index contributed by atoms with van der Waals surface area (Å²) < 4.78 is 13.7. The maximum Gasteiger partial charge on any atom is 0.226 e. The summed E-state index contributed by atoms with van der Waals surface area (Å²) >= 11 is 0. The maximum atomic E-state index is 13.7. The van der Waals surface area contributed by atoms with Gasteiger partial charge in [0, 0.05) is 36.1 Å². The summed E-state index contributed by atoms with van der Waals surface area (Å²) in [5.41, 5.74) is 3.82. The Balaban J connectivity index is 1.78. The number of carbonyl (C=O) groups is 1. The van der Waals surface area contributed by atoms with Gasteiger partial charge < -0.3 is 20.3 Å². The molecule has 0 saturated heterocycles. The molecule has 6 nitrogen and oxygen atoms in total. The van der Waals surface area contributed by atoms with Crippen LogP contribution in [-0.2, 0) is 4.79 Å². The average Bonchev–Trinajstić information content (AvgIpc) is 3.18. The predicted octanol–water partition coefficient (Wildman–Crippen LogP) is 5.14. The summed E-state index contributed by atoms with van der Waals surface area (Å²) in [4.78, 5) is 21.9. The van der Waals surface area contributed by atoms with E-state index in [1.807, 2.05) is 68.6 Å². The van der Waals surface area contributed by atoms with Gasteiger partial charge in [0.2, 0.25) is 5.91 Å². The topological polar surface area (TPSA) is 80.7 Å². The molecule has 0 aliphatic heterocycles. The molecule has 0 bridgehead atoms. The number of rotatable bonds is 8. The molecule has 1 amide bonds. The van der Waals surface area contributed by atoms with Gasteiger partial charge in [0.1, 0.15) is 5.82 Å². The number of likely N-dealkylation sites (N-methyl/N-ethyl adjacent to an activating group) is 1. The summed E-state index contributed by atoms with van der Waals surface area (Å²) in [5.74, 6) is -0.419. The van der Waals surface area contributed by atoms with Crippen LogP contribution in [0.5, 0.6) is 5.88 Å². The molecule has 4 aromatic rings. The number of anilines is 1. The molecule has 34 heavy (non-hydrogen) atoms. The number of hydrogen-bond acceptors (Lipinski definition) is 4. The van der Waals surface area contributed by atoms with Gasteiger partial charge in [0.05, 0.1) is 22.5 Å². The Morgan fingerprint density at radius 2 is 1.82 bits per heavy atom. The van der Waals surface area contributed by atoms with Crippen LogP contribution in [0, 0.1) is 5.82 Å². The summed E-state index contributed by atoms with van der Waals surface area (Å²) in [6, 6.07) is 21.3. The van der Waals surface area contributed by atoms with Crippen molar-refractivity contribution in [3.05, 3.63) is 89.7 Å². The van der Waals surface area contributed by atoms with Gasteiger partial charge in [-0.25, -0.2) is 9.38 Å². The predicted molar refractivity (Wildman–Crippen MR) is 135 cm³/mol. The number of carbonyl (C=O) groups excluding carboxylic acids is 1. The van der Waals surface area contributed by atoms with Crippen LogP contribution < -0.4 is 10.2 Å². The van der Waals surface area contributed by atoms with Crippen molar-refractivity contribution >= 4 is 33.9 Å². The van der Waals surface area contributed by atoms with Crippen LogP contribution in [0.4, 0.5) is 15.8 Å². The van der Waals surface area contributed by atoms with E-state index in [0.717, 1.165) is 11.3 Å². The molecule has 4 rings (SSSR count). The molecule has 0 atom stereocenters. The highest BCUT2D eigenvalue weighted by atomic mass is 19.1. The fourth-order valence-corrected chi connectivity index (χ4v) is 3.90. The van der Waals surface area contributed by atoms with Crippen LogP contribution in [0.25, 0.3) is 10.9 Å². The lowest BCUT2D eigenvalue weighted by Crippen LogP contribution is -2.35. The fourth-order valence-electron chi connectivity index (χ4n) is 3.90. The maximum absolute atomic E-state index is 13.7. The van der Waals surface area contributed by atoms with E-state index in [1.165, 1.54) is 12.1 Å². The quantitative estimate of drug-likeness (QED) is 0.320. The molecule has 3 aromatic carbocycles. The van der Waals surface area contributed by atoms with E-state index in [9.17, 15) is 14.3 Å². The highest BCUT2D eigenvalue weighted by Crippen LogP contribution is 2.32. The number of aromatic amines is 1. The van der Waals surface area contributed by atoms with Crippen molar-refractivity contribution in [1.82, 2.24) is 10.3 Å². The van der Waals surface area contributed by atoms with Gasteiger partial charge in [0.15, 0.2) is 5.88 Å². The first-order chi connectivity index (χ1) is 16.5. The lowest BCUT2D eigenvalue weighted by molar-refractivity contribution is -0.118. The smallest absolute Gasteiger partial charge is 0.226 e. The van der Waals surface area contributed by atoms with Crippen molar-refractivity contribution in [2.24, 2.45) is 4.99 Å². The van der Waals surface area contributed by atoms with E-state index in [4.69, 9.17) is 4.99 Å². The summed E-state index contributed by atoms with van der Waals surface area (Å²) in [6.45, 7) is 3.10. The summed E-state index contributed by atoms with van der Waals surface area (Å²) in [6.07, 6.45) is 0.419. The Hall–Kier alpha value is -3.97. The van der Waals surface area contributed by atoms with Crippen molar-refractivity contribution in [2.45, 2.75) is 13.3 Å². The zero-order valence-electron chi connectivity index (χ0n) is 19.2. The van der Waals surface area contributed by atoms with Crippen molar-refractivity contribution in [3.63, 3.8) is 0 Å². The number of H-pyrrole nitrogens is 1. The normalized spacial score (nSPS) is 11.7. The van der Waals surface area contributed by atoms with Crippen molar-refractivity contribution in [1.29, 1.82) is 0 Å². The van der Waals surface area contributed by atoms with E-state index in [0.29, 0.717) is 47.4 Å². The molecular weight excluding hydrogens is 431 g/mol. The fraction of sp³-hybridized carbons (Fsp3) is 0.185. The zero-order chi connectivity index (χ0) is 24.1. The Labute approximate surface area is 197 Å². The molecule has 0 aliphatic rings. The number of halogens is 1. The van der Waals surface area contributed by atoms with Crippen LogP contribution in [0.1, 0.15) is 24.5 Å². The lowest BCUT2D eigenvalue weighted by atomic mass is 10.0. The molecule has 0 unspecified atom stereocenters. The van der Waals surface area contributed by atoms with E-state index in [1.54, 1.807) is 11.0 Å². The van der Waals surface area contributed by atoms with Gasteiger partial charge in [-0.1, -0.05) is 37.3 Å². The zero-order valence-corrected chi connectivity index (χ0v) is 19.2. The number of nitrogens with zero attached hydrogens (tertiary/aromatic N) is 2. The van der Waals surface area contributed by atoms with E-state index >= 15 is 0 Å². The van der Waals surface area contributed by atoms with Crippen molar-refractivity contribution < 1.29 is 14.3 Å². The van der Waals surface area contributed by atoms with Gasteiger partial charge in [0.25, 0.3) is 0 Å². The number of amides is 1. The number of benzene rings is 3. The minimum atomic E-state index is -0.390. The number of aromatic nitrogens is 1. The molecular formula is C27H27FN4O2. The molecule has 0 saturated carbocycles. The lowest BCUT2D eigenvalue weighted by Gasteiger charge is -2.22. The molecule has 174 valence electrons.